The summed E-state index contributed by atoms with van der Waals surface area (Å²) in [4.78, 5) is 0. The smallest absolute Gasteiger partial charge is 0.403 e. The van der Waals surface area contributed by atoms with Crippen LogP contribution < -0.4 is 5.32 Å². The zero-order valence-corrected chi connectivity index (χ0v) is 10.8. The van der Waals surface area contributed by atoms with E-state index in [0.29, 0.717) is 0 Å². The van der Waals surface area contributed by atoms with Crippen LogP contribution >= 0.6 is 0 Å². The molecule has 16 heavy (non-hydrogen) atoms. The molecule has 2 aliphatic heterocycles. The molecular weight excluding hydrogens is 201 g/mol. The van der Waals surface area contributed by atoms with E-state index in [0.717, 1.165) is 19.0 Å². The molecule has 0 aromatic rings. The normalized spacial score (nSPS) is 34.9. The summed E-state index contributed by atoms with van der Waals surface area (Å²) in [5.41, 5.74) is -0.371. The van der Waals surface area contributed by atoms with Gasteiger partial charge >= 0.3 is 7.12 Å². The predicted molar refractivity (Wildman–Crippen MR) is 64.4 cm³/mol. The summed E-state index contributed by atoms with van der Waals surface area (Å²) in [6.07, 6.45) is 2.71. The van der Waals surface area contributed by atoms with Gasteiger partial charge in [-0.25, -0.2) is 0 Å². The molecule has 90 valence electrons. The summed E-state index contributed by atoms with van der Waals surface area (Å²) in [6.45, 7) is 10.7. The highest BCUT2D eigenvalue weighted by Crippen LogP contribution is 2.58. The lowest BCUT2D eigenvalue weighted by molar-refractivity contribution is 0.00578. The maximum Gasteiger partial charge on any atom is 0.467 e. The van der Waals surface area contributed by atoms with Crippen LogP contribution in [-0.2, 0) is 9.31 Å². The highest BCUT2D eigenvalue weighted by molar-refractivity contribution is 6.50. The van der Waals surface area contributed by atoms with Gasteiger partial charge in [0.25, 0.3) is 0 Å². The molecule has 0 aromatic carbocycles. The molecule has 0 atom stereocenters. The average Bonchev–Trinajstić information content (AvgIpc) is 2.80. The molecule has 0 spiro atoms. The Kier molecular flexibility index (Phi) is 2.10. The maximum absolute atomic E-state index is 6.21. The van der Waals surface area contributed by atoms with Gasteiger partial charge in [0.2, 0.25) is 0 Å². The molecule has 0 radical (unpaired) electrons. The van der Waals surface area contributed by atoms with Crippen molar-refractivity contribution in [3.05, 3.63) is 0 Å². The molecule has 0 amide bonds. The Bertz CT molecular complexity index is 292. The van der Waals surface area contributed by atoms with Crippen molar-refractivity contribution in [3.8, 4) is 0 Å². The Morgan fingerprint density at radius 2 is 1.50 bits per heavy atom. The standard InChI is InChI=1S/C12H22BNO2/c1-10(2)11(3,4)16-13(15-10)12(7-14-8-12)9-5-6-9/h9,14H,5-8H2,1-4H3. The second-order valence-corrected chi connectivity index (χ2v) is 6.70. The first-order chi connectivity index (χ1) is 7.37. The first-order valence-electron chi connectivity index (χ1n) is 6.44. The third-order valence-electron chi connectivity index (χ3n) is 5.02. The van der Waals surface area contributed by atoms with Crippen LogP contribution in [0.3, 0.4) is 0 Å². The van der Waals surface area contributed by atoms with Crippen LogP contribution in [0.1, 0.15) is 40.5 Å². The molecule has 0 unspecified atom stereocenters. The monoisotopic (exact) mass is 223 g/mol. The molecule has 0 aromatic heterocycles. The van der Waals surface area contributed by atoms with Gasteiger partial charge in [0.05, 0.1) is 11.2 Å². The van der Waals surface area contributed by atoms with Gasteiger partial charge in [-0.1, -0.05) is 12.8 Å². The third-order valence-corrected chi connectivity index (χ3v) is 5.02. The van der Waals surface area contributed by atoms with E-state index in [1.54, 1.807) is 0 Å². The van der Waals surface area contributed by atoms with Gasteiger partial charge in [-0.3, -0.25) is 0 Å². The summed E-state index contributed by atoms with van der Waals surface area (Å²) in [5, 5.41) is 3.66. The minimum absolute atomic E-state index is 0.00810. The molecule has 1 aliphatic carbocycles. The molecule has 1 N–H and O–H groups in total. The zero-order valence-electron chi connectivity index (χ0n) is 10.8. The van der Waals surface area contributed by atoms with Gasteiger partial charge in [-0.2, -0.15) is 0 Å². The van der Waals surface area contributed by atoms with Gasteiger partial charge in [0.15, 0.2) is 0 Å². The molecule has 2 saturated heterocycles. The fourth-order valence-electron chi connectivity index (χ4n) is 2.80. The lowest BCUT2D eigenvalue weighted by Gasteiger charge is -2.44. The topological polar surface area (TPSA) is 30.5 Å². The SMILES string of the molecule is CC1(C)OB(C2(C3CC3)CNC2)OC1(C)C. The molecule has 3 fully saturated rings. The van der Waals surface area contributed by atoms with E-state index in [1.807, 2.05) is 0 Å². The molecule has 0 bridgehead atoms. The number of nitrogens with one attached hydrogen (secondary N) is 1. The molecule has 2 heterocycles. The number of hydrogen-bond donors (Lipinski definition) is 1. The van der Waals surface area contributed by atoms with Crippen molar-refractivity contribution in [2.45, 2.75) is 57.1 Å². The van der Waals surface area contributed by atoms with Crippen molar-refractivity contribution in [2.75, 3.05) is 13.1 Å². The molecule has 3 aliphatic rings. The summed E-state index contributed by atoms with van der Waals surface area (Å²) in [6, 6.07) is 0. The largest absolute Gasteiger partial charge is 0.467 e. The second kappa shape index (κ2) is 3.03. The van der Waals surface area contributed by atoms with Crippen LogP contribution in [0, 0.1) is 5.92 Å². The fraction of sp³-hybridized carbons (Fsp3) is 1.00. The number of rotatable bonds is 2. The lowest BCUT2D eigenvalue weighted by Crippen LogP contribution is -2.58. The Morgan fingerprint density at radius 1 is 1.00 bits per heavy atom. The zero-order chi connectivity index (χ0) is 11.6. The van der Waals surface area contributed by atoms with Crippen molar-refractivity contribution >= 4 is 7.12 Å². The van der Waals surface area contributed by atoms with Gasteiger partial charge in [0, 0.05) is 18.4 Å². The van der Waals surface area contributed by atoms with Crippen LogP contribution in [0.5, 0.6) is 0 Å². The van der Waals surface area contributed by atoms with E-state index >= 15 is 0 Å². The summed E-state index contributed by atoms with van der Waals surface area (Å²) in [7, 11) is -0.00810. The van der Waals surface area contributed by atoms with Gasteiger partial charge in [0.1, 0.15) is 0 Å². The van der Waals surface area contributed by atoms with Crippen molar-refractivity contribution in [3.63, 3.8) is 0 Å². The van der Waals surface area contributed by atoms with Crippen molar-refractivity contribution < 1.29 is 9.31 Å². The maximum atomic E-state index is 6.21. The van der Waals surface area contributed by atoms with E-state index in [2.05, 4.69) is 33.0 Å². The van der Waals surface area contributed by atoms with Crippen LogP contribution in [0.4, 0.5) is 0 Å². The van der Waals surface area contributed by atoms with Crippen LogP contribution in [0.25, 0.3) is 0 Å². The van der Waals surface area contributed by atoms with Crippen LogP contribution in [0.15, 0.2) is 0 Å². The minimum atomic E-state index is -0.185. The van der Waals surface area contributed by atoms with Crippen molar-refractivity contribution in [1.29, 1.82) is 0 Å². The number of hydrogen-bond acceptors (Lipinski definition) is 3. The Labute approximate surface area is 98.4 Å². The van der Waals surface area contributed by atoms with E-state index in [-0.39, 0.29) is 23.6 Å². The second-order valence-electron chi connectivity index (χ2n) is 6.70. The highest BCUT2D eigenvalue weighted by Gasteiger charge is 2.65. The minimum Gasteiger partial charge on any atom is -0.403 e. The quantitative estimate of drug-likeness (QED) is 0.724. The van der Waals surface area contributed by atoms with Gasteiger partial charge < -0.3 is 14.6 Å². The Hall–Kier alpha value is -0.0551. The first kappa shape index (κ1) is 11.1. The lowest BCUT2D eigenvalue weighted by atomic mass is 9.51. The fourth-order valence-corrected chi connectivity index (χ4v) is 2.80. The van der Waals surface area contributed by atoms with Crippen molar-refractivity contribution in [2.24, 2.45) is 5.92 Å². The van der Waals surface area contributed by atoms with Gasteiger partial charge in [-0.05, 0) is 33.6 Å². The first-order valence-corrected chi connectivity index (χ1v) is 6.44. The van der Waals surface area contributed by atoms with Crippen molar-refractivity contribution in [1.82, 2.24) is 5.32 Å². The van der Waals surface area contributed by atoms with E-state index in [4.69, 9.17) is 9.31 Å². The Balaban J connectivity index is 1.82. The third kappa shape index (κ3) is 1.33. The Morgan fingerprint density at radius 3 is 1.81 bits per heavy atom. The van der Waals surface area contributed by atoms with E-state index in [9.17, 15) is 0 Å². The van der Waals surface area contributed by atoms with Gasteiger partial charge in [-0.15, -0.1) is 0 Å². The van der Waals surface area contributed by atoms with Crippen LogP contribution in [0.2, 0.25) is 5.31 Å². The molecule has 4 heteroatoms. The summed E-state index contributed by atoms with van der Waals surface area (Å²) >= 11 is 0. The van der Waals surface area contributed by atoms with E-state index < -0.39 is 0 Å². The predicted octanol–water partition coefficient (Wildman–Crippen LogP) is 1.83. The molecular formula is C12H22BNO2. The van der Waals surface area contributed by atoms with Crippen LogP contribution in [-0.4, -0.2) is 31.4 Å². The molecule has 1 saturated carbocycles. The summed E-state index contributed by atoms with van der Waals surface area (Å²) in [5.74, 6) is 0.823. The summed E-state index contributed by atoms with van der Waals surface area (Å²) < 4.78 is 12.4. The molecule has 3 nitrogen and oxygen atoms in total. The highest BCUT2D eigenvalue weighted by atomic mass is 16.7. The molecule has 3 rings (SSSR count). The van der Waals surface area contributed by atoms with E-state index in [1.165, 1.54) is 12.8 Å². The average molecular weight is 223 g/mol.